The number of ether oxygens (including phenoxy) is 2. The first-order valence-electron chi connectivity index (χ1n) is 8.56. The summed E-state index contributed by atoms with van der Waals surface area (Å²) in [5.41, 5.74) is 0.370. The van der Waals surface area contributed by atoms with Crippen LogP contribution in [0.3, 0.4) is 0 Å². The van der Waals surface area contributed by atoms with E-state index in [0.717, 1.165) is 30.9 Å². The van der Waals surface area contributed by atoms with Gasteiger partial charge >= 0.3 is 6.09 Å². The van der Waals surface area contributed by atoms with Gasteiger partial charge in [0.25, 0.3) is 0 Å². The summed E-state index contributed by atoms with van der Waals surface area (Å²) in [5, 5.41) is 3.38. The number of carbonyl (C=O) groups excluding carboxylic acids is 1. The fourth-order valence-electron chi connectivity index (χ4n) is 2.44. The van der Waals surface area contributed by atoms with Crippen LogP contribution in [0.25, 0.3) is 0 Å². The Labute approximate surface area is 145 Å². The lowest BCUT2D eigenvalue weighted by atomic mass is 10.0. The van der Waals surface area contributed by atoms with Gasteiger partial charge in [-0.25, -0.2) is 4.79 Å². The summed E-state index contributed by atoms with van der Waals surface area (Å²) >= 11 is 0. The summed E-state index contributed by atoms with van der Waals surface area (Å²) in [4.78, 5) is 13.9. The molecule has 2 rings (SSSR count). The van der Waals surface area contributed by atoms with Crippen molar-refractivity contribution in [2.75, 3.05) is 18.4 Å². The molecule has 1 aromatic rings. The number of carbonyl (C=O) groups is 1. The largest absolute Gasteiger partial charge is 0.488 e. The Bertz CT molecular complexity index is 555. The maximum absolute atomic E-state index is 12.1. The summed E-state index contributed by atoms with van der Waals surface area (Å²) in [6.45, 7) is 13.2. The molecule has 0 spiro atoms. The lowest BCUT2D eigenvalue weighted by molar-refractivity contribution is -0.00274. The molecule has 0 aliphatic carbocycles. The third-order valence-corrected chi connectivity index (χ3v) is 3.59. The first-order valence-corrected chi connectivity index (χ1v) is 8.56. The van der Waals surface area contributed by atoms with E-state index in [-0.39, 0.29) is 17.7 Å². The minimum atomic E-state index is -0.451. The maximum Gasteiger partial charge on any atom is 0.410 e. The van der Waals surface area contributed by atoms with Crippen LogP contribution in [0.1, 0.15) is 48.0 Å². The molecular formula is C19H30N2O3. The highest BCUT2D eigenvalue weighted by Gasteiger charge is 2.34. The Morgan fingerprint density at radius 3 is 2.21 bits per heavy atom. The standard InChI is InChI=1S/C19H30N2O3/c1-18(2,3)23-16-9-7-14(8-10-16)20-13-15-11-12-21(15)17(22)24-19(4,5)6/h7-10,15,20H,11-13H2,1-6H3. The van der Waals surface area contributed by atoms with Gasteiger partial charge in [-0.05, 0) is 72.2 Å². The van der Waals surface area contributed by atoms with E-state index in [2.05, 4.69) is 5.32 Å². The topological polar surface area (TPSA) is 50.8 Å². The van der Waals surface area contributed by atoms with Gasteiger partial charge in [0.15, 0.2) is 0 Å². The molecule has 134 valence electrons. The zero-order valence-electron chi connectivity index (χ0n) is 15.7. The van der Waals surface area contributed by atoms with Crippen molar-refractivity contribution in [2.24, 2.45) is 0 Å². The highest BCUT2D eigenvalue weighted by atomic mass is 16.6. The van der Waals surface area contributed by atoms with Crippen LogP contribution >= 0.6 is 0 Å². The molecule has 1 atom stereocenters. The number of amides is 1. The predicted molar refractivity (Wildman–Crippen MR) is 96.7 cm³/mol. The number of likely N-dealkylation sites (tertiary alicyclic amines) is 1. The van der Waals surface area contributed by atoms with Crippen molar-refractivity contribution in [1.82, 2.24) is 4.90 Å². The highest BCUT2D eigenvalue weighted by molar-refractivity contribution is 5.69. The Kier molecular flexibility index (Phi) is 5.31. The Hall–Kier alpha value is -1.91. The molecule has 5 heteroatoms. The molecule has 0 aromatic heterocycles. The molecule has 1 aliphatic heterocycles. The normalized spacial score (nSPS) is 17.9. The quantitative estimate of drug-likeness (QED) is 0.892. The summed E-state index contributed by atoms with van der Waals surface area (Å²) in [7, 11) is 0. The fourth-order valence-corrected chi connectivity index (χ4v) is 2.44. The third-order valence-electron chi connectivity index (χ3n) is 3.59. The molecule has 24 heavy (non-hydrogen) atoms. The van der Waals surface area contributed by atoms with E-state index >= 15 is 0 Å². The molecule has 1 saturated heterocycles. The van der Waals surface area contributed by atoms with Crippen LogP contribution < -0.4 is 10.1 Å². The van der Waals surface area contributed by atoms with Crippen molar-refractivity contribution in [3.63, 3.8) is 0 Å². The smallest absolute Gasteiger partial charge is 0.410 e. The second kappa shape index (κ2) is 6.91. The van der Waals surface area contributed by atoms with E-state index in [0.29, 0.717) is 0 Å². The van der Waals surface area contributed by atoms with Crippen LogP contribution in [-0.2, 0) is 4.74 Å². The maximum atomic E-state index is 12.1. The van der Waals surface area contributed by atoms with Crippen molar-refractivity contribution in [3.8, 4) is 5.75 Å². The van der Waals surface area contributed by atoms with Crippen LogP contribution in [0.4, 0.5) is 10.5 Å². The van der Waals surface area contributed by atoms with Crippen LogP contribution in [0, 0.1) is 0 Å². The number of hydrogen-bond donors (Lipinski definition) is 1. The number of benzene rings is 1. The summed E-state index contributed by atoms with van der Waals surface area (Å²) in [6.07, 6.45) is 0.770. The second-order valence-electron chi connectivity index (χ2n) is 8.24. The molecule has 1 aliphatic rings. The average molecular weight is 334 g/mol. The SMILES string of the molecule is CC(C)(C)OC(=O)N1CCC1CNc1ccc(OC(C)(C)C)cc1. The monoisotopic (exact) mass is 334 g/mol. The van der Waals surface area contributed by atoms with Crippen molar-refractivity contribution < 1.29 is 14.3 Å². The number of hydrogen-bond acceptors (Lipinski definition) is 4. The van der Waals surface area contributed by atoms with Gasteiger partial charge in [0, 0.05) is 18.8 Å². The van der Waals surface area contributed by atoms with E-state index in [4.69, 9.17) is 9.47 Å². The van der Waals surface area contributed by atoms with E-state index in [9.17, 15) is 4.79 Å². The van der Waals surface area contributed by atoms with E-state index in [1.165, 1.54) is 0 Å². The minimum absolute atomic E-state index is 0.186. The zero-order valence-corrected chi connectivity index (χ0v) is 15.7. The van der Waals surface area contributed by atoms with E-state index in [1.54, 1.807) is 4.90 Å². The second-order valence-corrected chi connectivity index (χ2v) is 8.24. The Morgan fingerprint density at radius 1 is 1.12 bits per heavy atom. The Balaban J connectivity index is 1.82. The summed E-state index contributed by atoms with van der Waals surface area (Å²) in [5.74, 6) is 0.854. The molecular weight excluding hydrogens is 304 g/mol. The van der Waals surface area contributed by atoms with Gasteiger partial charge in [-0.2, -0.15) is 0 Å². The van der Waals surface area contributed by atoms with Crippen molar-refractivity contribution >= 4 is 11.8 Å². The summed E-state index contributed by atoms with van der Waals surface area (Å²) < 4.78 is 11.2. The van der Waals surface area contributed by atoms with Gasteiger partial charge in [0.05, 0.1) is 6.04 Å². The van der Waals surface area contributed by atoms with Crippen LogP contribution in [0.15, 0.2) is 24.3 Å². The average Bonchev–Trinajstić information content (AvgIpc) is 2.35. The molecule has 1 unspecified atom stereocenters. The summed E-state index contributed by atoms with van der Waals surface area (Å²) in [6, 6.07) is 8.10. The molecule has 1 heterocycles. The molecule has 0 radical (unpaired) electrons. The van der Waals surface area contributed by atoms with Gasteiger partial charge in [0.1, 0.15) is 17.0 Å². The van der Waals surface area contributed by atoms with Crippen LogP contribution in [0.5, 0.6) is 5.75 Å². The molecule has 0 saturated carbocycles. The minimum Gasteiger partial charge on any atom is -0.488 e. The molecule has 1 aromatic carbocycles. The van der Waals surface area contributed by atoms with E-state index < -0.39 is 5.60 Å². The van der Waals surface area contributed by atoms with Gasteiger partial charge in [-0.15, -0.1) is 0 Å². The fraction of sp³-hybridized carbons (Fsp3) is 0.632. The first-order chi connectivity index (χ1) is 11.0. The van der Waals surface area contributed by atoms with Gasteiger partial charge in [-0.3, -0.25) is 0 Å². The molecule has 0 bridgehead atoms. The van der Waals surface area contributed by atoms with Gasteiger partial charge in [-0.1, -0.05) is 0 Å². The lowest BCUT2D eigenvalue weighted by Crippen LogP contribution is -2.55. The molecule has 1 amide bonds. The highest BCUT2D eigenvalue weighted by Crippen LogP contribution is 2.23. The van der Waals surface area contributed by atoms with E-state index in [1.807, 2.05) is 65.8 Å². The van der Waals surface area contributed by atoms with Crippen molar-refractivity contribution in [3.05, 3.63) is 24.3 Å². The number of rotatable bonds is 4. The molecule has 1 fully saturated rings. The number of anilines is 1. The van der Waals surface area contributed by atoms with Crippen LogP contribution in [-0.4, -0.2) is 41.3 Å². The Morgan fingerprint density at radius 2 is 1.75 bits per heavy atom. The number of nitrogens with one attached hydrogen (secondary N) is 1. The van der Waals surface area contributed by atoms with Gasteiger partial charge < -0.3 is 19.7 Å². The van der Waals surface area contributed by atoms with Crippen molar-refractivity contribution in [2.45, 2.75) is 65.2 Å². The van der Waals surface area contributed by atoms with Gasteiger partial charge in [0.2, 0.25) is 0 Å². The molecule has 5 nitrogen and oxygen atoms in total. The molecule has 1 N–H and O–H groups in total. The predicted octanol–water partition coefficient (Wildman–Crippen LogP) is 4.29. The first kappa shape index (κ1) is 18.4. The third kappa shape index (κ3) is 5.62. The van der Waals surface area contributed by atoms with Crippen molar-refractivity contribution in [1.29, 1.82) is 0 Å². The zero-order chi connectivity index (χ0) is 18.0. The lowest BCUT2D eigenvalue weighted by Gasteiger charge is -2.41. The number of nitrogens with zero attached hydrogens (tertiary/aromatic N) is 1. The van der Waals surface area contributed by atoms with Crippen LogP contribution in [0.2, 0.25) is 0 Å².